The lowest BCUT2D eigenvalue weighted by Gasteiger charge is -2.12. The number of aromatic nitrogens is 2. The van der Waals surface area contributed by atoms with Gasteiger partial charge in [-0.25, -0.2) is 9.78 Å². The van der Waals surface area contributed by atoms with Gasteiger partial charge in [0.2, 0.25) is 0 Å². The van der Waals surface area contributed by atoms with Crippen molar-refractivity contribution in [1.82, 2.24) is 9.97 Å². The smallest absolute Gasteiger partial charge is 0.341 e. The van der Waals surface area contributed by atoms with Gasteiger partial charge in [0.1, 0.15) is 5.56 Å². The van der Waals surface area contributed by atoms with E-state index in [1.807, 2.05) is 54.6 Å². The van der Waals surface area contributed by atoms with Gasteiger partial charge in [0.25, 0.3) is 5.91 Å². The predicted octanol–water partition coefficient (Wildman–Crippen LogP) is 5.46. The number of nitrogens with one attached hydrogen (secondary N) is 1. The molecule has 5 rings (SSSR count). The minimum Gasteiger partial charge on any atom is -0.462 e. The van der Waals surface area contributed by atoms with Crippen molar-refractivity contribution >= 4 is 45.1 Å². The number of hydrogen-bond donors (Lipinski definition) is 2. The quantitative estimate of drug-likeness (QED) is 0.336. The Morgan fingerprint density at radius 2 is 1.66 bits per heavy atom. The molecule has 2 aromatic heterocycles. The third-order valence-corrected chi connectivity index (χ3v) is 5.69. The Morgan fingerprint density at radius 3 is 2.46 bits per heavy atom. The molecule has 0 unspecified atom stereocenters. The number of anilines is 2. The van der Waals surface area contributed by atoms with Crippen molar-refractivity contribution in [2.75, 3.05) is 17.7 Å². The molecule has 0 saturated carbocycles. The molecule has 0 atom stereocenters. The minimum absolute atomic E-state index is 0.190. The van der Waals surface area contributed by atoms with Gasteiger partial charge >= 0.3 is 5.97 Å². The van der Waals surface area contributed by atoms with E-state index in [-0.39, 0.29) is 23.8 Å². The van der Waals surface area contributed by atoms with E-state index in [1.165, 1.54) is 6.20 Å². The second-order valence-electron chi connectivity index (χ2n) is 7.93. The summed E-state index contributed by atoms with van der Waals surface area (Å²) in [7, 11) is 0. The summed E-state index contributed by atoms with van der Waals surface area (Å²) < 4.78 is 5.06. The third kappa shape index (κ3) is 4.27. The van der Waals surface area contributed by atoms with Crippen molar-refractivity contribution in [3.8, 4) is 11.3 Å². The van der Waals surface area contributed by atoms with Crippen molar-refractivity contribution in [2.24, 2.45) is 0 Å². The summed E-state index contributed by atoms with van der Waals surface area (Å²) in [4.78, 5) is 34.7. The zero-order valence-electron chi connectivity index (χ0n) is 19.0. The molecule has 0 aliphatic heterocycles. The average Bonchev–Trinajstić information content (AvgIpc) is 2.89. The van der Waals surface area contributed by atoms with Crippen LogP contribution in [0.15, 0.2) is 85.1 Å². The molecule has 0 radical (unpaired) electrons. The van der Waals surface area contributed by atoms with E-state index in [2.05, 4.69) is 10.3 Å². The van der Waals surface area contributed by atoms with Gasteiger partial charge in [-0.1, -0.05) is 48.5 Å². The first-order chi connectivity index (χ1) is 17.0. The lowest BCUT2D eigenvalue weighted by molar-refractivity contribution is 0.0527. The molecule has 0 fully saturated rings. The summed E-state index contributed by atoms with van der Waals surface area (Å²) in [6.07, 6.45) is 1.40. The van der Waals surface area contributed by atoms with Crippen molar-refractivity contribution in [3.05, 3.63) is 96.2 Å². The fraction of sp³-hybridized carbons (Fsp3) is 0.0714. The number of carbonyl (C=O) groups excluding carboxylic acids is 2. The number of nitrogen functional groups attached to an aromatic ring is 1. The molecule has 35 heavy (non-hydrogen) atoms. The SMILES string of the molecule is CCOC(=O)c1cnc2ccc(NC(=O)c3cc(-c4ccccc4)nc4ccccc34)cc2c1N. The second kappa shape index (κ2) is 9.23. The summed E-state index contributed by atoms with van der Waals surface area (Å²) in [5.41, 5.74) is 10.7. The van der Waals surface area contributed by atoms with E-state index >= 15 is 0 Å². The molecule has 172 valence electrons. The Balaban J connectivity index is 1.54. The molecular weight excluding hydrogens is 440 g/mol. The number of fused-ring (bicyclic) bond motifs is 2. The van der Waals surface area contributed by atoms with E-state index in [0.29, 0.717) is 27.8 Å². The highest BCUT2D eigenvalue weighted by molar-refractivity contribution is 6.14. The summed E-state index contributed by atoms with van der Waals surface area (Å²) in [6.45, 7) is 1.96. The number of esters is 1. The first-order valence-corrected chi connectivity index (χ1v) is 11.2. The summed E-state index contributed by atoms with van der Waals surface area (Å²) in [6, 6.07) is 24.3. The molecule has 1 amide bonds. The number of ether oxygens (including phenoxy) is 1. The standard InChI is InChI=1S/C28H22N4O3/c1-2-35-28(34)22-16-30-23-13-12-18(14-21(23)26(22)29)31-27(33)20-15-25(17-8-4-3-5-9-17)32-24-11-7-6-10-19(20)24/h3-16H,2H2,1H3,(H2,29,30)(H,31,33). The number of carbonyl (C=O) groups is 2. The number of nitrogens with zero attached hydrogens (tertiary/aromatic N) is 2. The molecule has 7 heteroatoms. The highest BCUT2D eigenvalue weighted by Crippen LogP contribution is 2.28. The van der Waals surface area contributed by atoms with E-state index in [0.717, 1.165) is 16.5 Å². The first-order valence-electron chi connectivity index (χ1n) is 11.2. The Kier molecular flexibility index (Phi) is 5.81. The molecule has 3 aromatic carbocycles. The Hall–Kier alpha value is -4.78. The van der Waals surface area contributed by atoms with Gasteiger partial charge in [0.15, 0.2) is 0 Å². The molecule has 2 heterocycles. The van der Waals surface area contributed by atoms with Crippen molar-refractivity contribution in [1.29, 1.82) is 0 Å². The summed E-state index contributed by atoms with van der Waals surface area (Å²) in [5, 5.41) is 4.26. The summed E-state index contributed by atoms with van der Waals surface area (Å²) in [5.74, 6) is -0.821. The monoisotopic (exact) mass is 462 g/mol. The number of para-hydroxylation sites is 1. The molecular formula is C28H22N4O3. The number of nitrogens with two attached hydrogens (primary N) is 1. The Morgan fingerprint density at radius 1 is 0.886 bits per heavy atom. The van der Waals surface area contributed by atoms with Gasteiger partial charge in [-0.05, 0) is 37.3 Å². The van der Waals surface area contributed by atoms with Crippen LogP contribution in [0.3, 0.4) is 0 Å². The Bertz CT molecular complexity index is 1580. The van der Waals surface area contributed by atoms with Crippen LogP contribution in [0.25, 0.3) is 33.1 Å². The normalized spacial score (nSPS) is 10.9. The van der Waals surface area contributed by atoms with Crippen molar-refractivity contribution in [3.63, 3.8) is 0 Å². The molecule has 0 aliphatic carbocycles. The lowest BCUT2D eigenvalue weighted by Crippen LogP contribution is -2.13. The van der Waals surface area contributed by atoms with Gasteiger partial charge < -0.3 is 15.8 Å². The molecule has 7 nitrogen and oxygen atoms in total. The number of rotatable bonds is 5. The maximum absolute atomic E-state index is 13.4. The van der Waals surface area contributed by atoms with Crippen LogP contribution in [-0.4, -0.2) is 28.5 Å². The van der Waals surface area contributed by atoms with Crippen LogP contribution in [0.2, 0.25) is 0 Å². The van der Waals surface area contributed by atoms with Gasteiger partial charge in [-0.2, -0.15) is 0 Å². The van der Waals surface area contributed by atoms with Crippen LogP contribution < -0.4 is 11.1 Å². The minimum atomic E-state index is -0.537. The lowest BCUT2D eigenvalue weighted by atomic mass is 10.0. The fourth-order valence-electron chi connectivity index (χ4n) is 3.98. The van der Waals surface area contributed by atoms with E-state index in [9.17, 15) is 9.59 Å². The highest BCUT2D eigenvalue weighted by Gasteiger charge is 2.17. The van der Waals surface area contributed by atoms with E-state index in [4.69, 9.17) is 15.5 Å². The molecule has 5 aromatic rings. The molecule has 0 spiro atoms. The number of pyridine rings is 2. The number of hydrogen-bond acceptors (Lipinski definition) is 6. The predicted molar refractivity (Wildman–Crippen MR) is 137 cm³/mol. The van der Waals surface area contributed by atoms with Crippen molar-refractivity contribution in [2.45, 2.75) is 6.92 Å². The Labute approximate surface area is 201 Å². The van der Waals surface area contributed by atoms with E-state index < -0.39 is 5.97 Å². The first kappa shape index (κ1) is 22.0. The average molecular weight is 463 g/mol. The number of benzene rings is 3. The third-order valence-electron chi connectivity index (χ3n) is 5.69. The van der Waals surface area contributed by atoms with Crippen LogP contribution in [0.5, 0.6) is 0 Å². The maximum Gasteiger partial charge on any atom is 0.341 e. The van der Waals surface area contributed by atoms with Crippen LogP contribution in [0.1, 0.15) is 27.6 Å². The van der Waals surface area contributed by atoms with Gasteiger partial charge in [0.05, 0.1) is 34.6 Å². The molecule has 0 saturated heterocycles. The van der Waals surface area contributed by atoms with Crippen molar-refractivity contribution < 1.29 is 14.3 Å². The van der Waals surface area contributed by atoms with Gasteiger partial charge in [-0.3, -0.25) is 9.78 Å². The fourth-order valence-corrected chi connectivity index (χ4v) is 3.98. The van der Waals surface area contributed by atoms with Crippen LogP contribution in [0, 0.1) is 0 Å². The topological polar surface area (TPSA) is 107 Å². The van der Waals surface area contributed by atoms with Gasteiger partial charge in [-0.15, -0.1) is 0 Å². The van der Waals surface area contributed by atoms with Gasteiger partial charge in [0, 0.05) is 28.2 Å². The van der Waals surface area contributed by atoms with Crippen LogP contribution in [-0.2, 0) is 4.74 Å². The largest absolute Gasteiger partial charge is 0.462 e. The zero-order chi connectivity index (χ0) is 24.4. The number of amides is 1. The summed E-state index contributed by atoms with van der Waals surface area (Å²) >= 11 is 0. The molecule has 0 bridgehead atoms. The zero-order valence-corrected chi connectivity index (χ0v) is 19.0. The second-order valence-corrected chi connectivity index (χ2v) is 7.93. The molecule has 3 N–H and O–H groups in total. The molecule has 0 aliphatic rings. The van der Waals surface area contributed by atoms with Crippen LogP contribution in [0.4, 0.5) is 11.4 Å². The van der Waals surface area contributed by atoms with E-state index in [1.54, 1.807) is 31.2 Å². The highest BCUT2D eigenvalue weighted by atomic mass is 16.5. The van der Waals surface area contributed by atoms with Crippen LogP contribution >= 0.6 is 0 Å². The maximum atomic E-state index is 13.4.